The van der Waals surface area contributed by atoms with Crippen molar-refractivity contribution < 1.29 is 8.42 Å². The minimum atomic E-state index is -3.62. The highest BCUT2D eigenvalue weighted by molar-refractivity contribution is 7.92. The lowest BCUT2D eigenvalue weighted by Gasteiger charge is -2.10. The summed E-state index contributed by atoms with van der Waals surface area (Å²) in [5.74, 6) is 0.242. The van der Waals surface area contributed by atoms with E-state index >= 15 is 0 Å². The van der Waals surface area contributed by atoms with E-state index < -0.39 is 10.0 Å². The fourth-order valence-electron chi connectivity index (χ4n) is 1.45. The number of nitrogens with one attached hydrogen (secondary N) is 1. The smallest absolute Gasteiger partial charge is 0.263 e. The second kappa shape index (κ2) is 5.37. The number of benzene rings is 1. The van der Waals surface area contributed by atoms with Gasteiger partial charge in [0.2, 0.25) is 0 Å². The van der Waals surface area contributed by atoms with Crippen LogP contribution in [-0.4, -0.2) is 13.4 Å². The second-order valence-electron chi connectivity index (χ2n) is 3.59. The number of hydrogen-bond acceptors (Lipinski definition) is 3. The van der Waals surface area contributed by atoms with Gasteiger partial charge < -0.3 is 0 Å². The number of alkyl halides is 1. The minimum absolute atomic E-state index is 0.120. The number of hydrogen-bond donors (Lipinski definition) is 1. The van der Waals surface area contributed by atoms with E-state index in [1.54, 1.807) is 30.3 Å². The molecule has 0 atom stereocenters. The van der Waals surface area contributed by atoms with E-state index in [2.05, 4.69) is 9.71 Å². The summed E-state index contributed by atoms with van der Waals surface area (Å²) in [7, 11) is -3.62. The summed E-state index contributed by atoms with van der Waals surface area (Å²) in [6.45, 7) is 0. The molecule has 0 radical (unpaired) electrons. The van der Waals surface area contributed by atoms with Gasteiger partial charge in [-0.1, -0.05) is 18.2 Å². The summed E-state index contributed by atoms with van der Waals surface area (Å²) in [5.41, 5.74) is 1.21. The number of para-hydroxylation sites is 1. The molecule has 2 aromatic rings. The van der Waals surface area contributed by atoms with E-state index in [1.807, 2.05) is 0 Å². The molecule has 2 rings (SSSR count). The first-order valence-corrected chi connectivity index (χ1v) is 7.22. The highest BCUT2D eigenvalue weighted by Crippen LogP contribution is 2.20. The van der Waals surface area contributed by atoms with Crippen LogP contribution in [0.5, 0.6) is 0 Å². The first kappa shape index (κ1) is 12.9. The molecule has 18 heavy (non-hydrogen) atoms. The molecule has 94 valence electrons. The molecule has 0 bridgehead atoms. The van der Waals surface area contributed by atoms with Crippen molar-refractivity contribution in [3.8, 4) is 0 Å². The number of sulfonamides is 1. The highest BCUT2D eigenvalue weighted by atomic mass is 35.5. The molecule has 0 spiro atoms. The van der Waals surface area contributed by atoms with Gasteiger partial charge in [-0.3, -0.25) is 9.71 Å². The average Bonchev–Trinajstić information content (AvgIpc) is 2.40. The molecule has 4 nitrogen and oxygen atoms in total. The van der Waals surface area contributed by atoms with E-state index in [9.17, 15) is 8.42 Å². The molecule has 1 heterocycles. The third-order valence-corrected chi connectivity index (χ3v) is 3.99. The quantitative estimate of drug-likeness (QED) is 0.877. The largest absolute Gasteiger partial charge is 0.279 e. The third kappa shape index (κ3) is 2.80. The number of halogens is 1. The molecule has 1 aromatic carbocycles. The second-order valence-corrected chi connectivity index (χ2v) is 5.53. The summed E-state index contributed by atoms with van der Waals surface area (Å²) in [6.07, 6.45) is 2.82. The lowest BCUT2D eigenvalue weighted by molar-refractivity contribution is 0.601. The first-order chi connectivity index (χ1) is 8.63. The Balaban J connectivity index is 2.34. The molecule has 0 amide bonds. The summed E-state index contributed by atoms with van der Waals surface area (Å²) >= 11 is 5.76. The molecule has 1 N–H and O–H groups in total. The van der Waals surface area contributed by atoms with E-state index in [4.69, 9.17) is 11.6 Å². The van der Waals surface area contributed by atoms with Crippen LogP contribution < -0.4 is 4.72 Å². The van der Waals surface area contributed by atoms with Gasteiger partial charge in [-0.25, -0.2) is 8.42 Å². The van der Waals surface area contributed by atoms with Gasteiger partial charge >= 0.3 is 0 Å². The zero-order valence-electron chi connectivity index (χ0n) is 9.38. The maximum Gasteiger partial charge on any atom is 0.263 e. The molecule has 0 saturated heterocycles. The van der Waals surface area contributed by atoms with Crippen molar-refractivity contribution in [1.82, 2.24) is 4.98 Å². The van der Waals surface area contributed by atoms with Gasteiger partial charge in [-0.15, -0.1) is 11.6 Å². The Bertz CT molecular complexity index is 630. The van der Waals surface area contributed by atoms with Gasteiger partial charge in [-0.05, 0) is 23.8 Å². The Labute approximate surface area is 111 Å². The number of pyridine rings is 1. The molecule has 0 fully saturated rings. The predicted octanol–water partition coefficient (Wildman–Crippen LogP) is 2.62. The van der Waals surface area contributed by atoms with Gasteiger partial charge in [0.1, 0.15) is 4.90 Å². The van der Waals surface area contributed by atoms with Crippen molar-refractivity contribution in [3.63, 3.8) is 0 Å². The molecule has 0 saturated carbocycles. The maximum atomic E-state index is 12.1. The number of aromatic nitrogens is 1. The Kier molecular flexibility index (Phi) is 3.84. The van der Waals surface area contributed by atoms with Gasteiger partial charge in [-0.2, -0.15) is 0 Å². The summed E-state index contributed by atoms with van der Waals surface area (Å²) in [4.78, 5) is 3.91. The fourth-order valence-corrected chi connectivity index (χ4v) is 2.74. The van der Waals surface area contributed by atoms with Crippen LogP contribution in [0.1, 0.15) is 5.56 Å². The van der Waals surface area contributed by atoms with Gasteiger partial charge in [0.15, 0.2) is 0 Å². The van der Waals surface area contributed by atoms with Crippen LogP contribution in [0.15, 0.2) is 53.7 Å². The standard InChI is InChI=1S/C12H11ClN2O2S/c13-8-10-4-1-2-6-12(10)15-18(16,17)11-5-3-7-14-9-11/h1-7,9,15H,8H2. The van der Waals surface area contributed by atoms with E-state index in [-0.39, 0.29) is 10.8 Å². The molecule has 0 unspecified atom stereocenters. The molecular weight excluding hydrogens is 272 g/mol. The Hall–Kier alpha value is -1.59. The third-order valence-electron chi connectivity index (χ3n) is 2.35. The van der Waals surface area contributed by atoms with E-state index in [0.29, 0.717) is 5.69 Å². The molecule has 0 aliphatic heterocycles. The summed E-state index contributed by atoms with van der Waals surface area (Å²) in [5, 5.41) is 0. The van der Waals surface area contributed by atoms with Crippen molar-refractivity contribution >= 4 is 27.3 Å². The molecule has 0 aliphatic rings. The van der Waals surface area contributed by atoms with Crippen molar-refractivity contribution in [3.05, 3.63) is 54.4 Å². The zero-order valence-corrected chi connectivity index (χ0v) is 10.9. The zero-order chi connectivity index (χ0) is 13.0. The van der Waals surface area contributed by atoms with Crippen LogP contribution in [0.3, 0.4) is 0 Å². The van der Waals surface area contributed by atoms with Gasteiger partial charge in [0.25, 0.3) is 10.0 Å². The molecule has 6 heteroatoms. The van der Waals surface area contributed by atoms with Gasteiger partial charge in [0.05, 0.1) is 5.69 Å². The van der Waals surface area contributed by atoms with E-state index in [1.165, 1.54) is 18.5 Å². The fraction of sp³-hybridized carbons (Fsp3) is 0.0833. The average molecular weight is 283 g/mol. The van der Waals surface area contributed by atoms with Crippen LogP contribution >= 0.6 is 11.6 Å². The summed E-state index contributed by atoms with van der Waals surface area (Å²) in [6, 6.07) is 10.1. The van der Waals surface area contributed by atoms with Crippen molar-refractivity contribution in [2.75, 3.05) is 4.72 Å². The predicted molar refractivity (Wildman–Crippen MR) is 71.0 cm³/mol. The monoisotopic (exact) mass is 282 g/mol. The topological polar surface area (TPSA) is 59.1 Å². The summed E-state index contributed by atoms with van der Waals surface area (Å²) < 4.78 is 26.7. The maximum absolute atomic E-state index is 12.1. The Morgan fingerprint density at radius 3 is 2.61 bits per heavy atom. The van der Waals surface area contributed by atoms with Crippen molar-refractivity contribution in [2.45, 2.75) is 10.8 Å². The number of anilines is 1. The van der Waals surface area contributed by atoms with Crippen molar-refractivity contribution in [1.29, 1.82) is 0 Å². The Morgan fingerprint density at radius 1 is 1.17 bits per heavy atom. The number of nitrogens with zero attached hydrogens (tertiary/aromatic N) is 1. The van der Waals surface area contributed by atoms with Crippen LogP contribution in [0, 0.1) is 0 Å². The van der Waals surface area contributed by atoms with Crippen LogP contribution in [0.2, 0.25) is 0 Å². The highest BCUT2D eigenvalue weighted by Gasteiger charge is 2.15. The van der Waals surface area contributed by atoms with Gasteiger partial charge in [0, 0.05) is 18.3 Å². The van der Waals surface area contributed by atoms with Crippen molar-refractivity contribution in [2.24, 2.45) is 0 Å². The van der Waals surface area contributed by atoms with E-state index in [0.717, 1.165) is 5.56 Å². The lowest BCUT2D eigenvalue weighted by Crippen LogP contribution is -2.14. The normalized spacial score (nSPS) is 11.2. The molecule has 1 aromatic heterocycles. The van der Waals surface area contributed by atoms with Crippen LogP contribution in [-0.2, 0) is 15.9 Å². The Morgan fingerprint density at radius 2 is 1.94 bits per heavy atom. The molecular formula is C12H11ClN2O2S. The molecule has 0 aliphatic carbocycles. The lowest BCUT2D eigenvalue weighted by atomic mass is 10.2. The minimum Gasteiger partial charge on any atom is -0.279 e. The van der Waals surface area contributed by atoms with Crippen LogP contribution in [0.25, 0.3) is 0 Å². The first-order valence-electron chi connectivity index (χ1n) is 5.20. The van der Waals surface area contributed by atoms with Crippen LogP contribution in [0.4, 0.5) is 5.69 Å². The SMILES string of the molecule is O=S(=O)(Nc1ccccc1CCl)c1cccnc1. The number of rotatable bonds is 4.